The highest BCUT2D eigenvalue weighted by molar-refractivity contribution is 5.82. The average molecular weight is 290 g/mol. The second-order valence-electron chi connectivity index (χ2n) is 5.70. The Kier molecular flexibility index (Phi) is 5.48. The number of hydrogen-bond acceptors (Lipinski definition) is 3. The Labute approximate surface area is 127 Å². The molecular weight excluding hydrogens is 264 g/mol. The topological polar surface area (TPSA) is 41.6 Å². The number of carbonyl (C=O) groups is 1. The normalized spacial score (nSPS) is 18.4. The minimum atomic E-state index is 0.185. The van der Waals surface area contributed by atoms with Gasteiger partial charge in [0.25, 0.3) is 0 Å². The number of methoxy groups -OCH3 is 1. The van der Waals surface area contributed by atoms with Crippen molar-refractivity contribution in [1.29, 1.82) is 0 Å². The average Bonchev–Trinajstić information content (AvgIpc) is 2.52. The van der Waals surface area contributed by atoms with E-state index in [1.807, 2.05) is 30.0 Å². The first kappa shape index (κ1) is 15.7. The maximum absolute atomic E-state index is 12.4. The molecule has 1 N–H and O–H groups in total. The van der Waals surface area contributed by atoms with E-state index < -0.39 is 0 Å². The molecule has 116 valence electrons. The van der Waals surface area contributed by atoms with Crippen LogP contribution in [0.2, 0.25) is 0 Å². The second kappa shape index (κ2) is 7.34. The third-order valence-corrected chi connectivity index (χ3v) is 4.20. The van der Waals surface area contributed by atoms with Crippen LogP contribution >= 0.6 is 0 Å². The van der Waals surface area contributed by atoms with Gasteiger partial charge in [-0.05, 0) is 50.3 Å². The molecule has 4 nitrogen and oxygen atoms in total. The van der Waals surface area contributed by atoms with Crippen molar-refractivity contribution in [2.45, 2.75) is 45.6 Å². The molecule has 0 bridgehead atoms. The molecule has 1 atom stereocenters. The molecule has 1 aliphatic rings. The van der Waals surface area contributed by atoms with Crippen molar-refractivity contribution in [2.24, 2.45) is 0 Å². The standard InChI is InChI=1S/C17H26N2O2/c1-4-14-7-5-6-10-19(14)17(20)12-18-15-11-13(2)8-9-16(15)21-3/h8-9,11,14,18H,4-7,10,12H2,1-3H3. The molecule has 1 heterocycles. The summed E-state index contributed by atoms with van der Waals surface area (Å²) in [5.74, 6) is 0.962. The summed E-state index contributed by atoms with van der Waals surface area (Å²) in [7, 11) is 1.65. The van der Waals surface area contributed by atoms with Gasteiger partial charge < -0.3 is 15.0 Å². The summed E-state index contributed by atoms with van der Waals surface area (Å²) in [6.45, 7) is 5.41. The highest BCUT2D eigenvalue weighted by Gasteiger charge is 2.24. The Bertz CT molecular complexity index is 488. The monoisotopic (exact) mass is 290 g/mol. The van der Waals surface area contributed by atoms with Crippen LogP contribution in [0, 0.1) is 6.92 Å². The van der Waals surface area contributed by atoms with Gasteiger partial charge in [-0.1, -0.05) is 13.0 Å². The first-order valence-electron chi connectivity index (χ1n) is 7.83. The summed E-state index contributed by atoms with van der Waals surface area (Å²) < 4.78 is 5.33. The van der Waals surface area contributed by atoms with Crippen LogP contribution < -0.4 is 10.1 Å². The van der Waals surface area contributed by atoms with E-state index in [1.54, 1.807) is 7.11 Å². The molecule has 0 aliphatic carbocycles. The van der Waals surface area contributed by atoms with Crippen LogP contribution in [-0.2, 0) is 4.79 Å². The molecule has 4 heteroatoms. The second-order valence-corrected chi connectivity index (χ2v) is 5.70. The van der Waals surface area contributed by atoms with Crippen molar-refractivity contribution in [3.05, 3.63) is 23.8 Å². The Balaban J connectivity index is 1.98. The number of amides is 1. The number of hydrogen-bond donors (Lipinski definition) is 1. The molecule has 1 unspecified atom stereocenters. The van der Waals surface area contributed by atoms with E-state index in [0.717, 1.165) is 42.8 Å². The zero-order chi connectivity index (χ0) is 15.2. The molecule has 0 radical (unpaired) electrons. The molecule has 1 amide bonds. The molecule has 1 aromatic rings. The lowest BCUT2D eigenvalue weighted by molar-refractivity contribution is -0.133. The summed E-state index contributed by atoms with van der Waals surface area (Å²) in [5, 5.41) is 3.23. The Morgan fingerprint density at radius 3 is 2.95 bits per heavy atom. The maximum Gasteiger partial charge on any atom is 0.242 e. The lowest BCUT2D eigenvalue weighted by atomic mass is 10.00. The van der Waals surface area contributed by atoms with Crippen molar-refractivity contribution < 1.29 is 9.53 Å². The number of piperidine rings is 1. The van der Waals surface area contributed by atoms with Crippen LogP contribution in [0.25, 0.3) is 0 Å². The van der Waals surface area contributed by atoms with Gasteiger partial charge in [0, 0.05) is 12.6 Å². The van der Waals surface area contributed by atoms with Crippen LogP contribution in [0.15, 0.2) is 18.2 Å². The third-order valence-electron chi connectivity index (χ3n) is 4.20. The van der Waals surface area contributed by atoms with Crippen molar-refractivity contribution in [1.82, 2.24) is 4.90 Å². The fraction of sp³-hybridized carbons (Fsp3) is 0.588. The van der Waals surface area contributed by atoms with Gasteiger partial charge in [0.2, 0.25) is 5.91 Å². The molecule has 21 heavy (non-hydrogen) atoms. The molecule has 0 aromatic heterocycles. The fourth-order valence-electron chi connectivity index (χ4n) is 2.99. The van der Waals surface area contributed by atoms with Crippen LogP contribution in [0.3, 0.4) is 0 Å². The fourth-order valence-corrected chi connectivity index (χ4v) is 2.99. The number of benzene rings is 1. The lowest BCUT2D eigenvalue weighted by Gasteiger charge is -2.35. The van der Waals surface area contributed by atoms with Crippen LogP contribution in [0.1, 0.15) is 38.2 Å². The van der Waals surface area contributed by atoms with Gasteiger partial charge in [-0.3, -0.25) is 4.79 Å². The molecule has 2 rings (SSSR count). The first-order chi connectivity index (χ1) is 10.2. The number of carbonyl (C=O) groups excluding carboxylic acids is 1. The van der Waals surface area contributed by atoms with Crippen molar-refractivity contribution in [3.8, 4) is 5.75 Å². The quantitative estimate of drug-likeness (QED) is 0.905. The maximum atomic E-state index is 12.4. The van der Waals surface area contributed by atoms with E-state index in [4.69, 9.17) is 4.74 Å². The number of aryl methyl sites for hydroxylation is 1. The highest BCUT2D eigenvalue weighted by atomic mass is 16.5. The minimum absolute atomic E-state index is 0.185. The van der Waals surface area contributed by atoms with Crippen molar-refractivity contribution in [2.75, 3.05) is 25.5 Å². The number of ether oxygens (including phenoxy) is 1. The summed E-state index contributed by atoms with van der Waals surface area (Å²) in [6.07, 6.45) is 4.53. The number of nitrogens with zero attached hydrogens (tertiary/aromatic N) is 1. The zero-order valence-electron chi connectivity index (χ0n) is 13.3. The predicted molar refractivity (Wildman–Crippen MR) is 85.9 cm³/mol. The first-order valence-corrected chi connectivity index (χ1v) is 7.83. The van der Waals surface area contributed by atoms with E-state index in [9.17, 15) is 4.79 Å². The molecule has 0 spiro atoms. The molecule has 1 aliphatic heterocycles. The number of nitrogens with one attached hydrogen (secondary N) is 1. The van der Waals surface area contributed by atoms with Crippen molar-refractivity contribution >= 4 is 11.6 Å². The number of likely N-dealkylation sites (tertiary alicyclic amines) is 1. The Hall–Kier alpha value is -1.71. The van der Waals surface area contributed by atoms with Gasteiger partial charge in [0.05, 0.1) is 19.3 Å². The molecule has 1 aromatic carbocycles. The Morgan fingerprint density at radius 1 is 1.43 bits per heavy atom. The minimum Gasteiger partial charge on any atom is -0.495 e. The Morgan fingerprint density at radius 2 is 2.24 bits per heavy atom. The van der Waals surface area contributed by atoms with E-state index in [2.05, 4.69) is 12.2 Å². The van der Waals surface area contributed by atoms with Crippen molar-refractivity contribution in [3.63, 3.8) is 0 Å². The lowest BCUT2D eigenvalue weighted by Crippen LogP contribution is -2.45. The van der Waals surface area contributed by atoms with Gasteiger partial charge >= 0.3 is 0 Å². The van der Waals surface area contributed by atoms with Gasteiger partial charge in [0.15, 0.2) is 0 Å². The van der Waals surface area contributed by atoms with Gasteiger partial charge in [-0.15, -0.1) is 0 Å². The number of anilines is 1. The van der Waals surface area contributed by atoms with Gasteiger partial charge in [0.1, 0.15) is 5.75 Å². The van der Waals surface area contributed by atoms with Crippen LogP contribution in [0.5, 0.6) is 5.75 Å². The third kappa shape index (κ3) is 3.90. The van der Waals surface area contributed by atoms with E-state index in [-0.39, 0.29) is 5.91 Å². The smallest absolute Gasteiger partial charge is 0.242 e. The summed E-state index contributed by atoms with van der Waals surface area (Å²) in [6, 6.07) is 6.36. The predicted octanol–water partition coefficient (Wildman–Crippen LogP) is 3.21. The number of rotatable bonds is 5. The molecule has 1 saturated heterocycles. The SMILES string of the molecule is CCC1CCCCN1C(=O)CNc1cc(C)ccc1OC. The van der Waals surface area contributed by atoms with Gasteiger partial charge in [-0.25, -0.2) is 0 Å². The highest BCUT2D eigenvalue weighted by Crippen LogP contribution is 2.25. The van der Waals surface area contributed by atoms with E-state index >= 15 is 0 Å². The zero-order valence-corrected chi connectivity index (χ0v) is 13.3. The molecule has 0 saturated carbocycles. The summed E-state index contributed by atoms with van der Waals surface area (Å²) in [5.41, 5.74) is 2.03. The largest absolute Gasteiger partial charge is 0.495 e. The van der Waals surface area contributed by atoms with E-state index in [0.29, 0.717) is 12.6 Å². The van der Waals surface area contributed by atoms with E-state index in [1.165, 1.54) is 6.42 Å². The van der Waals surface area contributed by atoms with Crippen LogP contribution in [0.4, 0.5) is 5.69 Å². The summed E-state index contributed by atoms with van der Waals surface area (Å²) >= 11 is 0. The molecular formula is C17H26N2O2. The van der Waals surface area contributed by atoms with Gasteiger partial charge in [-0.2, -0.15) is 0 Å². The molecule has 1 fully saturated rings. The summed E-state index contributed by atoms with van der Waals surface area (Å²) in [4.78, 5) is 14.5. The van der Waals surface area contributed by atoms with Crippen LogP contribution in [-0.4, -0.2) is 37.0 Å².